The van der Waals surface area contributed by atoms with Gasteiger partial charge in [0, 0.05) is 6.42 Å². The van der Waals surface area contributed by atoms with Crippen molar-refractivity contribution < 1.29 is 43.0 Å². The fourth-order valence-corrected chi connectivity index (χ4v) is 6.55. The number of esters is 1. The smallest absolute Gasteiger partial charge is 0.472 e. The number of aliphatic hydroxyl groups is 2. The fraction of sp³-hybridized carbons (Fsp3) is 0.688. The molecule has 0 rings (SSSR count). The van der Waals surface area contributed by atoms with Crippen LogP contribution in [0.2, 0.25) is 0 Å². The van der Waals surface area contributed by atoms with Gasteiger partial charge in [-0.3, -0.25) is 13.8 Å². The Hall–Kier alpha value is -2.52. The molecule has 0 saturated carbocycles. The number of allylic oxidation sites excluding steroid dienone is 13. The molecule has 0 aromatic rings. The summed E-state index contributed by atoms with van der Waals surface area (Å²) < 4.78 is 33.1. The van der Waals surface area contributed by atoms with E-state index in [1.807, 2.05) is 18.2 Å². The number of unbranched alkanes of at least 4 members (excludes halogenated alkanes) is 16. The molecule has 9 nitrogen and oxygen atoms in total. The highest BCUT2D eigenvalue weighted by Crippen LogP contribution is 2.43. The van der Waals surface area contributed by atoms with E-state index in [0.29, 0.717) is 6.42 Å². The first-order valence-electron chi connectivity index (χ1n) is 22.6. The predicted molar refractivity (Wildman–Crippen MR) is 241 cm³/mol. The Kier molecular flexibility index (Phi) is 42.1. The number of rotatable bonds is 42. The van der Waals surface area contributed by atoms with Gasteiger partial charge in [0.15, 0.2) is 6.10 Å². The lowest BCUT2D eigenvalue weighted by Gasteiger charge is -2.20. The van der Waals surface area contributed by atoms with Crippen molar-refractivity contribution in [2.24, 2.45) is 0 Å². The average molecular weight is 835 g/mol. The highest BCUT2D eigenvalue weighted by molar-refractivity contribution is 7.47. The molecule has 0 aromatic carbocycles. The van der Waals surface area contributed by atoms with Gasteiger partial charge in [-0.15, -0.1) is 0 Å². The first kappa shape index (κ1) is 55.5. The van der Waals surface area contributed by atoms with E-state index in [-0.39, 0.29) is 13.0 Å². The molecule has 3 N–H and O–H groups in total. The maximum Gasteiger partial charge on any atom is 0.472 e. The van der Waals surface area contributed by atoms with Crippen LogP contribution in [0.15, 0.2) is 85.3 Å². The van der Waals surface area contributed by atoms with Gasteiger partial charge in [-0.25, -0.2) is 4.57 Å². The topological polar surface area (TPSA) is 132 Å². The third kappa shape index (κ3) is 43.1. The fourth-order valence-electron chi connectivity index (χ4n) is 5.76. The molecule has 0 radical (unpaired) electrons. The minimum Gasteiger partial charge on any atom is -0.498 e. The molecule has 0 amide bonds. The van der Waals surface area contributed by atoms with Crippen LogP contribution in [0.5, 0.6) is 0 Å². The molecule has 0 aromatic heterocycles. The van der Waals surface area contributed by atoms with E-state index in [4.69, 9.17) is 23.6 Å². The first-order valence-corrected chi connectivity index (χ1v) is 24.1. The summed E-state index contributed by atoms with van der Waals surface area (Å²) >= 11 is 0. The molecule has 0 aliphatic carbocycles. The zero-order chi connectivity index (χ0) is 42.5. The molecule has 3 atom stereocenters. The van der Waals surface area contributed by atoms with Crippen molar-refractivity contribution in [1.29, 1.82) is 0 Å². The van der Waals surface area contributed by atoms with Crippen molar-refractivity contribution in [1.82, 2.24) is 0 Å². The molecule has 1 unspecified atom stereocenters. The Morgan fingerprint density at radius 1 is 0.552 bits per heavy atom. The van der Waals surface area contributed by atoms with E-state index in [2.05, 4.69) is 74.6 Å². The largest absolute Gasteiger partial charge is 0.498 e. The maximum atomic E-state index is 12.6. The number of carbonyl (C=O) groups excluding carboxylic acids is 1. The molecular formula is C48H83O9P. The third-order valence-electron chi connectivity index (χ3n) is 9.17. The molecule has 0 saturated heterocycles. The van der Waals surface area contributed by atoms with Crippen molar-refractivity contribution >= 4 is 13.8 Å². The second-order valence-electron chi connectivity index (χ2n) is 14.8. The minimum absolute atomic E-state index is 0.0691. The van der Waals surface area contributed by atoms with Crippen molar-refractivity contribution in [2.45, 2.75) is 187 Å². The quantitative estimate of drug-likeness (QED) is 0.0181. The molecule has 0 fully saturated rings. The molecule has 0 bridgehead atoms. The molecule has 334 valence electrons. The van der Waals surface area contributed by atoms with Crippen LogP contribution in [0, 0.1) is 0 Å². The van der Waals surface area contributed by atoms with Crippen molar-refractivity contribution in [3.63, 3.8) is 0 Å². The number of phosphoric acid groups is 1. The Balaban J connectivity index is 4.34. The van der Waals surface area contributed by atoms with Crippen LogP contribution >= 0.6 is 7.82 Å². The summed E-state index contributed by atoms with van der Waals surface area (Å²) in [6, 6.07) is 0. The second-order valence-corrected chi connectivity index (χ2v) is 16.2. The van der Waals surface area contributed by atoms with Crippen molar-refractivity contribution in [2.75, 3.05) is 26.4 Å². The van der Waals surface area contributed by atoms with Crippen LogP contribution in [0.4, 0.5) is 0 Å². The Bertz CT molecular complexity index is 1170. The van der Waals surface area contributed by atoms with Crippen LogP contribution < -0.4 is 0 Å². The Morgan fingerprint density at radius 2 is 0.983 bits per heavy atom. The standard InChI is InChI=1S/C48H83O9P/c1-3-5-7-9-11-13-15-17-19-21-23-24-26-28-30-32-34-36-38-40-48(51)57-47(45-56-58(52,53)55-43-46(50)42-49)44-54-41-39-37-35-33-31-29-27-25-22-20-18-16-14-12-10-8-6-4-2/h5,7,11,13,17,19,23-24,28,30,34,36,39,41,46-47,49-50H,3-4,6,8-10,12,14-16,18,20-22,25-27,29,31-33,35,37-38,40,42-45H2,1-2H3,(H,52,53)/b7-5-,13-11-,19-17-,24-23-,30-28-,36-34-,41-39-/t46-,47+/m0/s1. The minimum atomic E-state index is -4.56. The maximum absolute atomic E-state index is 12.6. The van der Waals surface area contributed by atoms with Gasteiger partial charge in [0.25, 0.3) is 0 Å². The van der Waals surface area contributed by atoms with Gasteiger partial charge >= 0.3 is 13.8 Å². The Labute approximate surface area is 354 Å². The lowest BCUT2D eigenvalue weighted by Crippen LogP contribution is -2.28. The number of aliphatic hydroxyl groups excluding tert-OH is 2. The number of hydrogen-bond acceptors (Lipinski definition) is 8. The molecular weight excluding hydrogens is 751 g/mol. The number of carbonyl (C=O) groups is 1. The number of phosphoric ester groups is 1. The van der Waals surface area contributed by atoms with Crippen LogP contribution in [-0.4, -0.2) is 59.7 Å². The highest BCUT2D eigenvalue weighted by Gasteiger charge is 2.26. The lowest BCUT2D eigenvalue weighted by molar-refractivity contribution is -0.153. The van der Waals surface area contributed by atoms with Gasteiger partial charge in [0.05, 0.1) is 26.1 Å². The normalized spacial score (nSPS) is 14.7. The zero-order valence-corrected chi connectivity index (χ0v) is 37.4. The summed E-state index contributed by atoms with van der Waals surface area (Å²) in [5.74, 6) is -0.488. The van der Waals surface area contributed by atoms with E-state index < -0.39 is 45.8 Å². The van der Waals surface area contributed by atoms with Crippen molar-refractivity contribution in [3.8, 4) is 0 Å². The van der Waals surface area contributed by atoms with Crippen molar-refractivity contribution in [3.05, 3.63) is 85.3 Å². The zero-order valence-electron chi connectivity index (χ0n) is 36.5. The van der Waals surface area contributed by atoms with Gasteiger partial charge in [-0.05, 0) is 63.9 Å². The van der Waals surface area contributed by atoms with E-state index in [1.54, 1.807) is 6.26 Å². The van der Waals surface area contributed by atoms with Gasteiger partial charge in [0.2, 0.25) is 0 Å². The van der Waals surface area contributed by atoms with E-state index in [1.165, 1.54) is 96.3 Å². The van der Waals surface area contributed by atoms with E-state index in [9.17, 15) is 19.4 Å². The van der Waals surface area contributed by atoms with E-state index in [0.717, 1.165) is 51.4 Å². The number of ether oxygens (including phenoxy) is 2. The molecule has 10 heteroatoms. The van der Waals surface area contributed by atoms with Crippen LogP contribution in [0.3, 0.4) is 0 Å². The summed E-state index contributed by atoms with van der Waals surface area (Å²) in [7, 11) is -4.56. The predicted octanol–water partition coefficient (Wildman–Crippen LogP) is 13.0. The van der Waals surface area contributed by atoms with Gasteiger partial charge in [0.1, 0.15) is 12.7 Å². The summed E-state index contributed by atoms with van der Waals surface area (Å²) in [5, 5.41) is 18.4. The summed E-state index contributed by atoms with van der Waals surface area (Å²) in [6.07, 6.45) is 55.0. The van der Waals surface area contributed by atoms with Crippen LogP contribution in [0.1, 0.15) is 174 Å². The molecule has 0 aliphatic rings. The SMILES string of the molecule is CC/C=C\C/C=C\C/C=C\C/C=C\C/C=C\C/C=C\CCC(=O)O[C@H](CO/C=C\CCCCCCCCCCCCCCCCCC)COP(=O)(O)OC[C@@H](O)CO. The molecule has 0 heterocycles. The monoisotopic (exact) mass is 835 g/mol. The van der Waals surface area contributed by atoms with Crippen LogP contribution in [-0.2, 0) is 27.9 Å². The number of hydrogen-bond donors (Lipinski definition) is 3. The van der Waals surface area contributed by atoms with Gasteiger partial charge in [-0.1, -0.05) is 183 Å². The molecule has 58 heavy (non-hydrogen) atoms. The average Bonchev–Trinajstić information content (AvgIpc) is 3.21. The Morgan fingerprint density at radius 3 is 1.45 bits per heavy atom. The lowest BCUT2D eigenvalue weighted by atomic mass is 10.0. The van der Waals surface area contributed by atoms with E-state index >= 15 is 0 Å². The molecule has 0 aliphatic heterocycles. The van der Waals surface area contributed by atoms with Crippen LogP contribution in [0.25, 0.3) is 0 Å². The third-order valence-corrected chi connectivity index (χ3v) is 10.1. The van der Waals surface area contributed by atoms with Gasteiger partial charge < -0.3 is 24.6 Å². The first-order chi connectivity index (χ1) is 28.3. The highest BCUT2D eigenvalue weighted by atomic mass is 31.2. The van der Waals surface area contributed by atoms with Gasteiger partial charge in [-0.2, -0.15) is 0 Å². The summed E-state index contributed by atoms with van der Waals surface area (Å²) in [5.41, 5.74) is 0. The summed E-state index contributed by atoms with van der Waals surface area (Å²) in [4.78, 5) is 22.5. The molecule has 0 spiro atoms. The second kappa shape index (κ2) is 44.0. The summed E-state index contributed by atoms with van der Waals surface area (Å²) in [6.45, 7) is 2.68.